The number of carbonyl (C=O) groups is 2. The third kappa shape index (κ3) is 9.15. The van der Waals surface area contributed by atoms with E-state index in [1.807, 2.05) is 37.8 Å². The second-order valence-corrected chi connectivity index (χ2v) is 12.6. The lowest BCUT2D eigenvalue weighted by atomic mass is 9.86. The van der Waals surface area contributed by atoms with Crippen LogP contribution in [0.3, 0.4) is 0 Å². The molecule has 3 amide bonds. The van der Waals surface area contributed by atoms with Crippen molar-refractivity contribution in [3.8, 4) is 0 Å². The molecule has 39 heavy (non-hydrogen) atoms. The Morgan fingerprint density at radius 3 is 2.46 bits per heavy atom. The summed E-state index contributed by atoms with van der Waals surface area (Å²) in [5, 5.41) is 6.28. The van der Waals surface area contributed by atoms with E-state index >= 15 is 0 Å². The quantitative estimate of drug-likeness (QED) is 0.525. The van der Waals surface area contributed by atoms with Gasteiger partial charge >= 0.3 is 6.03 Å². The Kier molecular flexibility index (Phi) is 10.6. The van der Waals surface area contributed by atoms with Crippen molar-refractivity contribution in [1.82, 2.24) is 25.3 Å². The Morgan fingerprint density at radius 1 is 1.00 bits per heavy atom. The number of urea groups is 1. The third-order valence-electron chi connectivity index (χ3n) is 8.35. The second-order valence-electron chi connectivity index (χ2n) is 12.6. The minimum atomic E-state index is -0.446. The highest BCUT2D eigenvalue weighted by Gasteiger charge is 2.37. The van der Waals surface area contributed by atoms with Crippen LogP contribution in [-0.2, 0) is 16.0 Å². The van der Waals surface area contributed by atoms with Gasteiger partial charge in [0.15, 0.2) is 0 Å². The molecule has 8 nitrogen and oxygen atoms in total. The number of likely N-dealkylation sites (tertiary alicyclic amines) is 2. The predicted octanol–water partition coefficient (Wildman–Crippen LogP) is 2.97. The van der Waals surface area contributed by atoms with E-state index in [9.17, 15) is 14.0 Å². The summed E-state index contributed by atoms with van der Waals surface area (Å²) in [5.41, 5.74) is 0.740. The van der Waals surface area contributed by atoms with Gasteiger partial charge in [0.25, 0.3) is 0 Å². The van der Waals surface area contributed by atoms with Gasteiger partial charge in [0.2, 0.25) is 5.91 Å². The van der Waals surface area contributed by atoms with E-state index in [0.29, 0.717) is 19.0 Å². The summed E-state index contributed by atoms with van der Waals surface area (Å²) in [7, 11) is 0. The fourth-order valence-electron chi connectivity index (χ4n) is 6.18. The van der Waals surface area contributed by atoms with Crippen molar-refractivity contribution in [3.63, 3.8) is 0 Å². The number of halogens is 1. The summed E-state index contributed by atoms with van der Waals surface area (Å²) in [6, 6.07) is 6.64. The van der Waals surface area contributed by atoms with E-state index in [1.54, 1.807) is 12.1 Å². The van der Waals surface area contributed by atoms with Crippen LogP contribution in [0.2, 0.25) is 0 Å². The first-order valence-corrected chi connectivity index (χ1v) is 14.8. The van der Waals surface area contributed by atoms with Crippen molar-refractivity contribution < 1.29 is 18.7 Å². The van der Waals surface area contributed by atoms with Gasteiger partial charge in [-0.1, -0.05) is 32.9 Å². The standard InChI is InChI=1S/C30H48FN5O3/c1-30(2,3)28(37)36-13-10-25(27(22-36)33-29(38)32-11-14-34-15-17-39-18-16-34)21-35-12-4-5-24(20-35)19-23-6-8-26(31)9-7-23/h6-9,24-25,27H,4-5,10-22H2,1-3H3,(H2,32,33,38)/t24-,25-,27-/m0/s1. The van der Waals surface area contributed by atoms with Crippen molar-refractivity contribution in [2.45, 2.75) is 52.5 Å². The highest BCUT2D eigenvalue weighted by Crippen LogP contribution is 2.27. The first kappa shape index (κ1) is 29.7. The van der Waals surface area contributed by atoms with Gasteiger partial charge in [0.1, 0.15) is 5.82 Å². The largest absolute Gasteiger partial charge is 0.379 e. The summed E-state index contributed by atoms with van der Waals surface area (Å²) < 4.78 is 18.7. The van der Waals surface area contributed by atoms with E-state index in [0.717, 1.165) is 78.3 Å². The molecule has 0 bridgehead atoms. The number of piperidine rings is 2. The molecule has 0 spiro atoms. The van der Waals surface area contributed by atoms with Gasteiger partial charge < -0.3 is 25.2 Å². The molecule has 9 heteroatoms. The zero-order valence-corrected chi connectivity index (χ0v) is 24.1. The van der Waals surface area contributed by atoms with Crippen LogP contribution in [0.25, 0.3) is 0 Å². The molecular formula is C30H48FN5O3. The van der Waals surface area contributed by atoms with Crippen molar-refractivity contribution in [2.24, 2.45) is 17.3 Å². The maximum Gasteiger partial charge on any atom is 0.315 e. The number of hydrogen-bond acceptors (Lipinski definition) is 5. The Morgan fingerprint density at radius 2 is 1.74 bits per heavy atom. The number of amides is 3. The molecule has 2 N–H and O–H groups in total. The normalized spacial score (nSPS) is 25.3. The van der Waals surface area contributed by atoms with Crippen LogP contribution < -0.4 is 10.6 Å². The fraction of sp³-hybridized carbons (Fsp3) is 0.733. The Labute approximate surface area is 233 Å². The molecule has 1 aromatic carbocycles. The lowest BCUT2D eigenvalue weighted by Gasteiger charge is -2.43. The molecule has 3 heterocycles. The fourth-order valence-corrected chi connectivity index (χ4v) is 6.18. The minimum Gasteiger partial charge on any atom is -0.379 e. The highest BCUT2D eigenvalue weighted by molar-refractivity contribution is 5.82. The molecule has 0 aliphatic carbocycles. The third-order valence-corrected chi connectivity index (χ3v) is 8.35. The van der Waals surface area contributed by atoms with E-state index in [4.69, 9.17) is 4.74 Å². The number of nitrogens with zero attached hydrogens (tertiary/aromatic N) is 3. The zero-order valence-electron chi connectivity index (χ0n) is 24.1. The molecule has 218 valence electrons. The Bertz CT molecular complexity index is 932. The van der Waals surface area contributed by atoms with Crippen LogP contribution in [0.5, 0.6) is 0 Å². The van der Waals surface area contributed by atoms with E-state index < -0.39 is 5.41 Å². The number of morpholine rings is 1. The van der Waals surface area contributed by atoms with E-state index in [-0.39, 0.29) is 29.7 Å². The van der Waals surface area contributed by atoms with Gasteiger partial charge in [0.05, 0.1) is 19.3 Å². The van der Waals surface area contributed by atoms with Gasteiger partial charge in [-0.3, -0.25) is 9.69 Å². The van der Waals surface area contributed by atoms with Gasteiger partial charge in [-0.05, 0) is 61.8 Å². The number of carbonyl (C=O) groups excluding carboxylic acids is 2. The number of rotatable bonds is 8. The SMILES string of the molecule is CC(C)(C)C(=O)N1CC[C@@H](CN2CCC[C@@H](Cc3ccc(F)cc3)C2)[C@@H](NC(=O)NCCN2CCOCC2)C1. The predicted molar refractivity (Wildman–Crippen MR) is 151 cm³/mol. The summed E-state index contributed by atoms with van der Waals surface area (Å²) in [6.45, 7) is 14.8. The van der Waals surface area contributed by atoms with Crippen molar-refractivity contribution in [2.75, 3.05) is 72.1 Å². The molecule has 0 aromatic heterocycles. The van der Waals surface area contributed by atoms with Crippen LogP contribution in [-0.4, -0.2) is 105 Å². The Balaban J connectivity index is 1.33. The van der Waals surface area contributed by atoms with Crippen LogP contribution >= 0.6 is 0 Å². The van der Waals surface area contributed by atoms with Crippen LogP contribution in [0.15, 0.2) is 24.3 Å². The van der Waals surface area contributed by atoms with Crippen LogP contribution in [0.4, 0.5) is 9.18 Å². The van der Waals surface area contributed by atoms with Crippen LogP contribution in [0, 0.1) is 23.1 Å². The average Bonchev–Trinajstić information content (AvgIpc) is 2.91. The van der Waals surface area contributed by atoms with Crippen molar-refractivity contribution >= 4 is 11.9 Å². The summed E-state index contributed by atoms with van der Waals surface area (Å²) in [4.78, 5) is 32.8. The minimum absolute atomic E-state index is 0.0917. The van der Waals surface area contributed by atoms with Crippen LogP contribution in [0.1, 0.15) is 45.6 Å². The monoisotopic (exact) mass is 545 g/mol. The van der Waals surface area contributed by atoms with E-state index in [2.05, 4.69) is 20.4 Å². The molecule has 1 aromatic rings. The summed E-state index contributed by atoms with van der Waals surface area (Å²) in [6.07, 6.45) is 4.16. The summed E-state index contributed by atoms with van der Waals surface area (Å²) in [5.74, 6) is 0.770. The van der Waals surface area contributed by atoms with Gasteiger partial charge in [0, 0.05) is 57.8 Å². The molecular weight excluding hydrogens is 497 g/mol. The molecule has 3 atom stereocenters. The first-order chi connectivity index (χ1) is 18.7. The number of benzene rings is 1. The highest BCUT2D eigenvalue weighted by atomic mass is 19.1. The maximum absolute atomic E-state index is 13.3. The zero-order chi connectivity index (χ0) is 27.8. The molecule has 4 rings (SSSR count). The lowest BCUT2D eigenvalue weighted by molar-refractivity contribution is -0.141. The number of ether oxygens (including phenoxy) is 1. The molecule has 0 unspecified atom stereocenters. The topological polar surface area (TPSA) is 77.2 Å². The molecule has 3 fully saturated rings. The lowest BCUT2D eigenvalue weighted by Crippen LogP contribution is -2.59. The Hall–Kier alpha value is -2.23. The molecule has 3 aliphatic rings. The number of nitrogens with one attached hydrogen (secondary N) is 2. The molecule has 3 saturated heterocycles. The van der Waals surface area contributed by atoms with Gasteiger partial charge in [-0.25, -0.2) is 9.18 Å². The smallest absolute Gasteiger partial charge is 0.315 e. The number of hydrogen-bond donors (Lipinski definition) is 2. The van der Waals surface area contributed by atoms with Crippen molar-refractivity contribution in [3.05, 3.63) is 35.6 Å². The van der Waals surface area contributed by atoms with Gasteiger partial charge in [-0.15, -0.1) is 0 Å². The second kappa shape index (κ2) is 13.9. The molecule has 0 radical (unpaired) electrons. The first-order valence-electron chi connectivity index (χ1n) is 14.8. The van der Waals surface area contributed by atoms with E-state index in [1.165, 1.54) is 12.0 Å². The van der Waals surface area contributed by atoms with Gasteiger partial charge in [-0.2, -0.15) is 0 Å². The average molecular weight is 546 g/mol. The molecule has 3 aliphatic heterocycles. The molecule has 0 saturated carbocycles. The van der Waals surface area contributed by atoms with Crippen molar-refractivity contribution in [1.29, 1.82) is 0 Å². The maximum atomic E-state index is 13.3. The summed E-state index contributed by atoms with van der Waals surface area (Å²) >= 11 is 0.